The summed E-state index contributed by atoms with van der Waals surface area (Å²) in [7, 11) is 0. The minimum absolute atomic E-state index is 0.257. The topological polar surface area (TPSA) is 89.3 Å². The Bertz CT molecular complexity index is 463. The Morgan fingerprint density at radius 1 is 0.923 bits per heavy atom. The molecule has 1 amide bonds. The third-order valence-corrected chi connectivity index (χ3v) is 4.87. The molecule has 1 aliphatic rings. The minimum Gasteiger partial charge on any atom is -0.319 e. The van der Waals surface area contributed by atoms with E-state index in [1.807, 2.05) is 27.7 Å². The van der Waals surface area contributed by atoms with Gasteiger partial charge in [0.05, 0.1) is 11.4 Å². The molecule has 0 radical (unpaired) electrons. The first-order valence-corrected chi connectivity index (χ1v) is 9.66. The average molecular weight is 367 g/mol. The molecule has 7 nitrogen and oxygen atoms in total. The normalized spacial score (nSPS) is 21.2. The summed E-state index contributed by atoms with van der Waals surface area (Å²) in [6, 6.07) is 0. The van der Waals surface area contributed by atoms with Crippen LogP contribution in [0.1, 0.15) is 79.1 Å². The number of hydrogen-bond donors (Lipinski definition) is 1. The van der Waals surface area contributed by atoms with E-state index in [-0.39, 0.29) is 5.97 Å². The van der Waals surface area contributed by atoms with Gasteiger partial charge in [-0.25, -0.2) is 9.59 Å². The van der Waals surface area contributed by atoms with Gasteiger partial charge in [0.1, 0.15) is 0 Å². The maximum absolute atomic E-state index is 11.7. The number of nitrogens with zero attached hydrogens (tertiary/aromatic N) is 2. The summed E-state index contributed by atoms with van der Waals surface area (Å²) >= 11 is 0. The standard InChI is InChI=1S/C19H33N3O4/c1-5-14(3)21-25-18(23)12-11-16-7-9-17(10-8-16)13-20-19(24)26-22-15(4)6-2/h16-17H,5-13H2,1-4H3,(H,20,24)/b21-14-,22-15-. The van der Waals surface area contributed by atoms with Crippen molar-refractivity contribution in [2.75, 3.05) is 6.54 Å². The van der Waals surface area contributed by atoms with Gasteiger partial charge in [-0.3, -0.25) is 4.84 Å². The third-order valence-electron chi connectivity index (χ3n) is 4.87. The van der Waals surface area contributed by atoms with Crippen molar-refractivity contribution < 1.29 is 19.3 Å². The fourth-order valence-electron chi connectivity index (χ4n) is 2.73. The highest BCUT2D eigenvalue weighted by Gasteiger charge is 2.22. The molecule has 1 fully saturated rings. The van der Waals surface area contributed by atoms with Crippen molar-refractivity contribution in [3.63, 3.8) is 0 Å². The fourth-order valence-corrected chi connectivity index (χ4v) is 2.73. The van der Waals surface area contributed by atoms with Crippen molar-refractivity contribution in [3.05, 3.63) is 0 Å². The van der Waals surface area contributed by atoms with Crippen molar-refractivity contribution in [1.29, 1.82) is 0 Å². The first-order valence-electron chi connectivity index (χ1n) is 9.66. The molecule has 0 aromatic rings. The maximum Gasteiger partial charge on any atom is 0.433 e. The summed E-state index contributed by atoms with van der Waals surface area (Å²) in [5, 5.41) is 10.3. The van der Waals surface area contributed by atoms with Crippen molar-refractivity contribution in [2.24, 2.45) is 22.1 Å². The van der Waals surface area contributed by atoms with Crippen molar-refractivity contribution >= 4 is 23.5 Å². The Morgan fingerprint density at radius 3 is 2.04 bits per heavy atom. The molecule has 0 bridgehead atoms. The van der Waals surface area contributed by atoms with E-state index in [0.29, 0.717) is 24.8 Å². The predicted molar refractivity (Wildman–Crippen MR) is 102 cm³/mol. The number of oxime groups is 2. The van der Waals surface area contributed by atoms with Crippen LogP contribution in [-0.2, 0) is 14.5 Å². The van der Waals surface area contributed by atoms with Crippen LogP contribution < -0.4 is 5.32 Å². The van der Waals surface area contributed by atoms with E-state index in [4.69, 9.17) is 9.68 Å². The summed E-state index contributed by atoms with van der Waals surface area (Å²) in [5.41, 5.74) is 1.61. The van der Waals surface area contributed by atoms with Crippen molar-refractivity contribution in [2.45, 2.75) is 79.1 Å². The van der Waals surface area contributed by atoms with Crippen LogP contribution in [0.5, 0.6) is 0 Å². The second-order valence-electron chi connectivity index (χ2n) is 7.01. The zero-order valence-electron chi connectivity index (χ0n) is 16.5. The molecule has 1 aliphatic carbocycles. The van der Waals surface area contributed by atoms with Crippen LogP contribution in [0, 0.1) is 11.8 Å². The molecule has 0 spiro atoms. The Labute approximate surface area is 156 Å². The lowest BCUT2D eigenvalue weighted by atomic mass is 9.80. The van der Waals surface area contributed by atoms with Crippen LogP contribution in [0.25, 0.3) is 0 Å². The number of amides is 1. The van der Waals surface area contributed by atoms with Gasteiger partial charge in [-0.2, -0.15) is 0 Å². The Balaban J connectivity index is 2.16. The van der Waals surface area contributed by atoms with E-state index in [1.54, 1.807) is 0 Å². The van der Waals surface area contributed by atoms with E-state index in [0.717, 1.165) is 56.4 Å². The van der Waals surface area contributed by atoms with Gasteiger partial charge in [0, 0.05) is 13.0 Å². The summed E-state index contributed by atoms with van der Waals surface area (Å²) in [6.45, 7) is 8.20. The summed E-state index contributed by atoms with van der Waals surface area (Å²) < 4.78 is 0. The molecule has 0 saturated heterocycles. The van der Waals surface area contributed by atoms with E-state index in [1.165, 1.54) is 0 Å². The quantitative estimate of drug-likeness (QED) is 0.371. The van der Waals surface area contributed by atoms with Gasteiger partial charge in [-0.1, -0.05) is 37.0 Å². The molecule has 0 heterocycles. The van der Waals surface area contributed by atoms with E-state index in [2.05, 4.69) is 15.6 Å². The molecule has 7 heteroatoms. The first kappa shape index (κ1) is 22.1. The fraction of sp³-hybridized carbons (Fsp3) is 0.789. The lowest BCUT2D eigenvalue weighted by Crippen LogP contribution is -2.31. The molecule has 1 saturated carbocycles. The summed E-state index contributed by atoms with van der Waals surface area (Å²) in [6.07, 6.45) is 6.53. The Morgan fingerprint density at radius 2 is 1.46 bits per heavy atom. The van der Waals surface area contributed by atoms with Crippen LogP contribution in [0.4, 0.5) is 4.79 Å². The van der Waals surface area contributed by atoms with Gasteiger partial charge in [0.25, 0.3) is 0 Å². The predicted octanol–water partition coefficient (Wildman–Crippen LogP) is 4.41. The van der Waals surface area contributed by atoms with Crippen LogP contribution in [0.15, 0.2) is 10.3 Å². The number of nitrogens with one attached hydrogen (secondary N) is 1. The minimum atomic E-state index is -0.495. The van der Waals surface area contributed by atoms with E-state index in [9.17, 15) is 9.59 Å². The largest absolute Gasteiger partial charge is 0.433 e. The Kier molecular flexibility index (Phi) is 10.6. The van der Waals surface area contributed by atoms with E-state index < -0.39 is 6.09 Å². The molecule has 1 N–H and O–H groups in total. The van der Waals surface area contributed by atoms with Crippen LogP contribution in [-0.4, -0.2) is 30.0 Å². The van der Waals surface area contributed by atoms with E-state index >= 15 is 0 Å². The molecular weight excluding hydrogens is 334 g/mol. The Hall–Kier alpha value is -1.92. The maximum atomic E-state index is 11.7. The molecular formula is C19H33N3O4. The summed E-state index contributed by atoms with van der Waals surface area (Å²) in [4.78, 5) is 32.9. The molecule has 26 heavy (non-hydrogen) atoms. The zero-order chi connectivity index (χ0) is 19.4. The molecule has 0 atom stereocenters. The third kappa shape index (κ3) is 9.53. The van der Waals surface area contributed by atoms with Gasteiger partial charge in [-0.15, -0.1) is 0 Å². The molecule has 1 rings (SSSR count). The zero-order valence-corrected chi connectivity index (χ0v) is 16.5. The van der Waals surface area contributed by atoms with Crippen molar-refractivity contribution in [3.8, 4) is 0 Å². The van der Waals surface area contributed by atoms with Crippen LogP contribution in [0.3, 0.4) is 0 Å². The highest BCUT2D eigenvalue weighted by Crippen LogP contribution is 2.31. The molecule has 148 valence electrons. The molecule has 0 aliphatic heterocycles. The van der Waals surface area contributed by atoms with Gasteiger partial charge in [-0.05, 0) is 57.8 Å². The van der Waals surface area contributed by atoms with Gasteiger partial charge in [0.15, 0.2) is 0 Å². The SMILES string of the molecule is CC/C(C)=N\OC(=O)CCC1CCC(CNC(=O)O/N=C(/C)CC)CC1. The highest BCUT2D eigenvalue weighted by molar-refractivity contribution is 5.82. The number of carbonyl (C=O) groups excluding carboxylic acids is 2. The summed E-state index contributed by atoms with van der Waals surface area (Å²) in [5.74, 6) is 0.741. The monoisotopic (exact) mass is 367 g/mol. The second kappa shape index (κ2) is 12.4. The van der Waals surface area contributed by atoms with Gasteiger partial charge >= 0.3 is 12.1 Å². The second-order valence-corrected chi connectivity index (χ2v) is 7.01. The van der Waals surface area contributed by atoms with Crippen LogP contribution >= 0.6 is 0 Å². The average Bonchev–Trinajstić information content (AvgIpc) is 2.67. The van der Waals surface area contributed by atoms with Crippen molar-refractivity contribution in [1.82, 2.24) is 5.32 Å². The molecule has 0 aromatic heterocycles. The smallest absolute Gasteiger partial charge is 0.319 e. The molecule has 0 unspecified atom stereocenters. The number of rotatable bonds is 9. The van der Waals surface area contributed by atoms with Gasteiger partial charge < -0.3 is 10.2 Å². The first-order chi connectivity index (χ1) is 12.4. The molecule has 0 aromatic carbocycles. The van der Waals surface area contributed by atoms with Gasteiger partial charge in [0.2, 0.25) is 0 Å². The highest BCUT2D eigenvalue weighted by atomic mass is 16.7. The number of hydrogen-bond acceptors (Lipinski definition) is 6. The lowest BCUT2D eigenvalue weighted by molar-refractivity contribution is -0.144. The number of carbonyl (C=O) groups is 2. The van der Waals surface area contributed by atoms with Crippen LogP contribution in [0.2, 0.25) is 0 Å². The lowest BCUT2D eigenvalue weighted by Gasteiger charge is -2.28.